The van der Waals surface area contributed by atoms with Crippen LogP contribution >= 0.6 is 0 Å². The van der Waals surface area contributed by atoms with Gasteiger partial charge >= 0.3 is 0 Å². The molecule has 0 N–H and O–H groups in total. The molecular formula is C21H31N5O2. The average Bonchev–Trinajstić information content (AvgIpc) is 2.74. The lowest BCUT2D eigenvalue weighted by Gasteiger charge is -2.33. The number of amides is 2. The maximum absolute atomic E-state index is 12.5. The first-order valence-corrected chi connectivity index (χ1v) is 10.7. The monoisotopic (exact) mass is 385 g/mol. The van der Waals surface area contributed by atoms with Gasteiger partial charge < -0.3 is 9.80 Å². The third kappa shape index (κ3) is 4.35. The molecule has 4 heterocycles. The quantitative estimate of drug-likeness (QED) is 0.790. The van der Waals surface area contributed by atoms with E-state index < -0.39 is 0 Å². The number of rotatable bonds is 3. The fourth-order valence-electron chi connectivity index (χ4n) is 4.63. The number of fused-ring (bicyclic) bond motifs is 1. The van der Waals surface area contributed by atoms with Gasteiger partial charge in [-0.1, -0.05) is 0 Å². The Balaban J connectivity index is 1.37. The third-order valence-corrected chi connectivity index (χ3v) is 6.33. The molecule has 4 rings (SSSR count). The van der Waals surface area contributed by atoms with E-state index in [9.17, 15) is 9.59 Å². The summed E-state index contributed by atoms with van der Waals surface area (Å²) in [6.07, 6.45) is 8.37. The highest BCUT2D eigenvalue weighted by Crippen LogP contribution is 2.26. The van der Waals surface area contributed by atoms with E-state index in [1.54, 1.807) is 6.92 Å². The van der Waals surface area contributed by atoms with Gasteiger partial charge in [-0.05, 0) is 32.1 Å². The van der Waals surface area contributed by atoms with E-state index in [0.717, 1.165) is 88.5 Å². The number of nitrogens with zero attached hydrogens (tertiary/aromatic N) is 5. The minimum absolute atomic E-state index is 0.136. The van der Waals surface area contributed by atoms with Crippen LogP contribution in [0.5, 0.6) is 0 Å². The van der Waals surface area contributed by atoms with Crippen LogP contribution in [0, 0.1) is 0 Å². The van der Waals surface area contributed by atoms with Crippen LogP contribution in [0.4, 0.5) is 0 Å². The SMILES string of the molecule is CC(=O)N1CCC[C@@H](c2ncc3c(n2)CCN(CC(=O)N2CCCCC2)C3)C1. The van der Waals surface area contributed by atoms with Gasteiger partial charge in [-0.3, -0.25) is 14.5 Å². The highest BCUT2D eigenvalue weighted by molar-refractivity contribution is 5.78. The van der Waals surface area contributed by atoms with Gasteiger partial charge in [0.05, 0.1) is 6.54 Å². The minimum Gasteiger partial charge on any atom is -0.342 e. The first-order chi connectivity index (χ1) is 13.6. The summed E-state index contributed by atoms with van der Waals surface area (Å²) in [7, 11) is 0. The van der Waals surface area contributed by atoms with E-state index in [1.165, 1.54) is 6.42 Å². The molecule has 1 aromatic rings. The zero-order chi connectivity index (χ0) is 19.5. The molecule has 0 saturated carbocycles. The summed E-state index contributed by atoms with van der Waals surface area (Å²) in [4.78, 5) is 39.9. The molecule has 1 atom stereocenters. The Morgan fingerprint density at radius 3 is 2.64 bits per heavy atom. The van der Waals surface area contributed by atoms with Gasteiger partial charge in [0.2, 0.25) is 11.8 Å². The Labute approximate surface area is 167 Å². The van der Waals surface area contributed by atoms with Crippen molar-refractivity contribution in [3.8, 4) is 0 Å². The highest BCUT2D eigenvalue weighted by atomic mass is 16.2. The molecule has 2 amide bonds. The van der Waals surface area contributed by atoms with Crippen molar-refractivity contribution in [3.63, 3.8) is 0 Å². The standard InChI is InChI=1S/C21H31N5O2/c1-16(27)26-10-5-6-17(14-26)21-22-12-18-13-24(11-7-19(18)23-21)15-20(28)25-8-3-2-4-9-25/h12,17H,2-11,13-15H2,1H3/t17-/m1/s1. The Kier molecular flexibility index (Phi) is 5.90. The Bertz CT molecular complexity index is 732. The topological polar surface area (TPSA) is 69.6 Å². The van der Waals surface area contributed by atoms with Crippen LogP contribution in [0.15, 0.2) is 6.20 Å². The van der Waals surface area contributed by atoms with E-state index in [-0.39, 0.29) is 17.7 Å². The fraction of sp³-hybridized carbons (Fsp3) is 0.714. The van der Waals surface area contributed by atoms with Crippen LogP contribution in [0.1, 0.15) is 62.0 Å². The third-order valence-electron chi connectivity index (χ3n) is 6.33. The van der Waals surface area contributed by atoms with Gasteiger partial charge in [0.1, 0.15) is 5.82 Å². The molecule has 1 aromatic heterocycles. The van der Waals surface area contributed by atoms with E-state index in [4.69, 9.17) is 4.98 Å². The summed E-state index contributed by atoms with van der Waals surface area (Å²) in [5.74, 6) is 1.51. The predicted octanol–water partition coefficient (Wildman–Crippen LogP) is 1.57. The van der Waals surface area contributed by atoms with Crippen molar-refractivity contribution >= 4 is 11.8 Å². The Morgan fingerprint density at radius 1 is 1.07 bits per heavy atom. The van der Waals surface area contributed by atoms with Crippen molar-refractivity contribution in [2.75, 3.05) is 39.3 Å². The van der Waals surface area contributed by atoms with Gasteiger partial charge in [0, 0.05) is 76.0 Å². The lowest BCUT2D eigenvalue weighted by atomic mass is 9.96. The summed E-state index contributed by atoms with van der Waals surface area (Å²) in [6.45, 7) is 7.14. The van der Waals surface area contributed by atoms with Crippen molar-refractivity contribution in [1.29, 1.82) is 0 Å². The molecule has 3 aliphatic rings. The number of hydrogen-bond acceptors (Lipinski definition) is 5. The molecule has 28 heavy (non-hydrogen) atoms. The van der Waals surface area contributed by atoms with Crippen molar-refractivity contribution in [2.45, 2.75) is 57.9 Å². The summed E-state index contributed by atoms with van der Waals surface area (Å²) in [6, 6.07) is 0. The first-order valence-electron chi connectivity index (χ1n) is 10.7. The second kappa shape index (κ2) is 8.55. The van der Waals surface area contributed by atoms with Crippen LogP contribution in [0.2, 0.25) is 0 Å². The zero-order valence-corrected chi connectivity index (χ0v) is 16.9. The Morgan fingerprint density at radius 2 is 1.86 bits per heavy atom. The summed E-state index contributed by atoms with van der Waals surface area (Å²) >= 11 is 0. The van der Waals surface area contributed by atoms with Gasteiger partial charge in [0.25, 0.3) is 0 Å². The number of likely N-dealkylation sites (tertiary alicyclic amines) is 2. The molecule has 0 unspecified atom stereocenters. The molecule has 0 radical (unpaired) electrons. The summed E-state index contributed by atoms with van der Waals surface area (Å²) in [5.41, 5.74) is 2.26. The van der Waals surface area contributed by atoms with E-state index in [0.29, 0.717) is 6.54 Å². The largest absolute Gasteiger partial charge is 0.342 e. The maximum Gasteiger partial charge on any atom is 0.236 e. The predicted molar refractivity (Wildman–Crippen MR) is 106 cm³/mol. The molecule has 7 heteroatoms. The van der Waals surface area contributed by atoms with E-state index in [1.807, 2.05) is 16.0 Å². The fourth-order valence-corrected chi connectivity index (χ4v) is 4.63. The Hall–Kier alpha value is -2.02. The zero-order valence-electron chi connectivity index (χ0n) is 16.9. The van der Waals surface area contributed by atoms with E-state index in [2.05, 4.69) is 9.88 Å². The highest BCUT2D eigenvalue weighted by Gasteiger charge is 2.27. The van der Waals surface area contributed by atoms with Gasteiger partial charge in [0.15, 0.2) is 0 Å². The van der Waals surface area contributed by atoms with Crippen LogP contribution < -0.4 is 0 Å². The van der Waals surface area contributed by atoms with E-state index >= 15 is 0 Å². The number of carbonyl (C=O) groups excluding carboxylic acids is 2. The van der Waals surface area contributed by atoms with Gasteiger partial charge in [-0.2, -0.15) is 0 Å². The molecular weight excluding hydrogens is 354 g/mol. The maximum atomic E-state index is 12.5. The van der Waals surface area contributed by atoms with Crippen LogP contribution in [-0.4, -0.2) is 75.8 Å². The molecule has 2 fully saturated rings. The molecule has 0 spiro atoms. The van der Waals surface area contributed by atoms with Crippen molar-refractivity contribution < 1.29 is 9.59 Å². The van der Waals surface area contributed by atoms with Gasteiger partial charge in [-0.15, -0.1) is 0 Å². The minimum atomic E-state index is 0.136. The lowest BCUT2D eigenvalue weighted by Crippen LogP contribution is -2.44. The number of carbonyl (C=O) groups is 2. The van der Waals surface area contributed by atoms with Crippen molar-refractivity contribution in [2.24, 2.45) is 0 Å². The average molecular weight is 386 g/mol. The van der Waals surface area contributed by atoms with Crippen LogP contribution in [0.25, 0.3) is 0 Å². The van der Waals surface area contributed by atoms with Crippen LogP contribution in [-0.2, 0) is 22.6 Å². The molecule has 2 saturated heterocycles. The molecule has 0 aromatic carbocycles. The lowest BCUT2D eigenvalue weighted by molar-refractivity contribution is -0.133. The molecule has 152 valence electrons. The first kappa shape index (κ1) is 19.3. The number of piperidine rings is 2. The molecule has 3 aliphatic heterocycles. The smallest absolute Gasteiger partial charge is 0.236 e. The second-order valence-electron chi connectivity index (χ2n) is 8.41. The van der Waals surface area contributed by atoms with Crippen molar-refractivity contribution in [1.82, 2.24) is 24.7 Å². The second-order valence-corrected chi connectivity index (χ2v) is 8.41. The summed E-state index contributed by atoms with van der Waals surface area (Å²) in [5, 5.41) is 0. The molecule has 7 nitrogen and oxygen atoms in total. The van der Waals surface area contributed by atoms with Crippen molar-refractivity contribution in [3.05, 3.63) is 23.3 Å². The molecule has 0 aliphatic carbocycles. The molecule has 0 bridgehead atoms. The van der Waals surface area contributed by atoms with Crippen LogP contribution in [0.3, 0.4) is 0 Å². The number of aromatic nitrogens is 2. The number of hydrogen-bond donors (Lipinski definition) is 0. The normalized spacial score (nSPS) is 23.4. The summed E-state index contributed by atoms with van der Waals surface area (Å²) < 4.78 is 0. The van der Waals surface area contributed by atoms with Gasteiger partial charge in [-0.25, -0.2) is 9.97 Å².